The van der Waals surface area contributed by atoms with E-state index in [4.69, 9.17) is 18.0 Å². The van der Waals surface area contributed by atoms with Crippen LogP contribution in [0.4, 0.5) is 0 Å². The van der Waals surface area contributed by atoms with Crippen LogP contribution < -0.4 is 11.2 Å². The van der Waals surface area contributed by atoms with Crippen LogP contribution in [0.1, 0.15) is 29.4 Å². The Hall–Kier alpha value is -2.68. The first kappa shape index (κ1) is 16.2. The topological polar surface area (TPSA) is 145 Å². The average Bonchev–Trinajstić information content (AvgIpc) is 2.51. The van der Waals surface area contributed by atoms with Crippen LogP contribution in [0, 0.1) is 11.8 Å². The molecule has 0 heterocycles. The fourth-order valence-corrected chi connectivity index (χ4v) is 3.90. The molecule has 0 aliphatic heterocycles. The largest absolute Gasteiger partial charge is 0.508 e. The first-order chi connectivity index (χ1) is 11.3. The summed E-state index contributed by atoms with van der Waals surface area (Å²) in [6, 6.07) is 4.59. The third-order valence-electron chi connectivity index (χ3n) is 4.65. The van der Waals surface area contributed by atoms with Gasteiger partial charge in [0.2, 0.25) is 0 Å². The molecule has 0 aromatic heterocycles. The van der Waals surface area contributed by atoms with E-state index in [1.165, 1.54) is 12.1 Å². The summed E-state index contributed by atoms with van der Waals surface area (Å²) in [5.41, 5.74) is 9.59. The summed E-state index contributed by atoms with van der Waals surface area (Å²) >= 11 is 4.70. The number of rotatable bonds is 3. The number of hydrogen-bond acceptors (Lipinski definition) is 5. The van der Waals surface area contributed by atoms with E-state index in [2.05, 4.69) is 10.5 Å². The zero-order chi connectivity index (χ0) is 17.6. The molecule has 0 amide bonds. The van der Waals surface area contributed by atoms with Gasteiger partial charge < -0.3 is 21.1 Å². The second-order valence-corrected chi connectivity index (χ2v) is 6.35. The van der Waals surface area contributed by atoms with Crippen LogP contribution in [0.25, 0.3) is 0 Å². The molecule has 9 heteroatoms. The lowest BCUT2D eigenvalue weighted by molar-refractivity contribution is -0.156. The Kier molecular flexibility index (Phi) is 3.88. The fraction of sp³-hybridized carbons (Fsp3) is 0.333. The van der Waals surface area contributed by atoms with Crippen LogP contribution in [0.3, 0.4) is 0 Å². The average molecular weight is 349 g/mol. The van der Waals surface area contributed by atoms with E-state index in [1.807, 2.05) is 0 Å². The molecule has 24 heavy (non-hydrogen) atoms. The van der Waals surface area contributed by atoms with E-state index < -0.39 is 35.6 Å². The van der Waals surface area contributed by atoms with Gasteiger partial charge in [-0.2, -0.15) is 5.10 Å². The van der Waals surface area contributed by atoms with Crippen molar-refractivity contribution in [3.8, 4) is 5.75 Å². The second kappa shape index (κ2) is 5.75. The molecule has 1 saturated carbocycles. The van der Waals surface area contributed by atoms with Gasteiger partial charge >= 0.3 is 11.9 Å². The molecular weight excluding hydrogens is 334 g/mol. The van der Waals surface area contributed by atoms with E-state index in [9.17, 15) is 24.9 Å². The van der Waals surface area contributed by atoms with Crippen molar-refractivity contribution >= 4 is 35.0 Å². The van der Waals surface area contributed by atoms with Gasteiger partial charge in [-0.25, -0.2) is 0 Å². The normalized spacial score (nSPS) is 29.1. The Morgan fingerprint density at radius 1 is 1.21 bits per heavy atom. The molecule has 6 N–H and O–H groups in total. The van der Waals surface area contributed by atoms with Gasteiger partial charge in [0, 0.05) is 17.5 Å². The number of nitrogens with two attached hydrogens (primary N) is 1. The minimum atomic E-state index is -1.21. The van der Waals surface area contributed by atoms with E-state index in [-0.39, 0.29) is 10.9 Å². The zero-order valence-electron chi connectivity index (χ0n) is 12.3. The highest BCUT2D eigenvalue weighted by Gasteiger charge is 2.56. The first-order valence-electron chi connectivity index (χ1n) is 7.21. The van der Waals surface area contributed by atoms with Crippen molar-refractivity contribution in [2.75, 3.05) is 0 Å². The fourth-order valence-electron chi connectivity index (χ4n) is 3.85. The number of hydrazone groups is 1. The number of carboxylic acids is 2. The number of aromatic hydroxyl groups is 1. The van der Waals surface area contributed by atoms with Gasteiger partial charge in [0.25, 0.3) is 0 Å². The Labute approximate surface area is 142 Å². The molecule has 4 unspecified atom stereocenters. The molecule has 0 saturated heterocycles. The van der Waals surface area contributed by atoms with Crippen molar-refractivity contribution in [1.29, 1.82) is 0 Å². The first-order valence-corrected chi connectivity index (χ1v) is 7.62. The number of carbonyl (C=O) groups is 2. The summed E-state index contributed by atoms with van der Waals surface area (Å²) in [5, 5.41) is 32.9. The number of carboxylic acid groups (broad SMARTS) is 2. The van der Waals surface area contributed by atoms with Crippen molar-refractivity contribution in [2.45, 2.75) is 18.3 Å². The van der Waals surface area contributed by atoms with E-state index in [0.29, 0.717) is 17.7 Å². The predicted molar refractivity (Wildman–Crippen MR) is 87.8 cm³/mol. The van der Waals surface area contributed by atoms with Crippen molar-refractivity contribution in [2.24, 2.45) is 22.7 Å². The van der Waals surface area contributed by atoms with Crippen LogP contribution in [0.2, 0.25) is 0 Å². The molecular formula is C15H15N3O5S. The smallest absolute Gasteiger partial charge is 0.308 e. The van der Waals surface area contributed by atoms with E-state index in [1.54, 1.807) is 6.07 Å². The van der Waals surface area contributed by atoms with Gasteiger partial charge in [-0.05, 0) is 41.9 Å². The number of phenolic OH excluding ortho intramolecular Hbond substituents is 1. The molecule has 0 spiro atoms. The van der Waals surface area contributed by atoms with Gasteiger partial charge in [-0.15, -0.1) is 0 Å². The second-order valence-electron chi connectivity index (χ2n) is 5.91. The zero-order valence-corrected chi connectivity index (χ0v) is 13.2. The molecule has 2 bridgehead atoms. The van der Waals surface area contributed by atoms with Crippen molar-refractivity contribution in [3.05, 3.63) is 29.3 Å². The number of nitrogens with zero attached hydrogens (tertiary/aromatic N) is 1. The molecule has 0 radical (unpaired) electrons. The standard InChI is InChI=1S/C15H15N3O5S/c16-15(24)18-17-9-4-8-6-2-1-5(19)3-7(6)10(9)12(14(22)23)11(8)13(20)21/h1-3,8,10-12,19H,4H2,(H,20,21)(H,22,23)(H3,16,18,24). The molecule has 1 fully saturated rings. The monoisotopic (exact) mass is 349 g/mol. The van der Waals surface area contributed by atoms with E-state index in [0.717, 1.165) is 5.56 Å². The number of fused-ring (bicyclic) bond motifs is 2. The van der Waals surface area contributed by atoms with Crippen molar-refractivity contribution in [1.82, 2.24) is 5.43 Å². The lowest BCUT2D eigenvalue weighted by Crippen LogP contribution is -2.50. The Balaban J connectivity index is 2.19. The van der Waals surface area contributed by atoms with Gasteiger partial charge in [0.15, 0.2) is 5.11 Å². The maximum atomic E-state index is 11.8. The van der Waals surface area contributed by atoms with Gasteiger partial charge in [-0.3, -0.25) is 15.0 Å². The molecule has 3 aliphatic carbocycles. The highest BCUT2D eigenvalue weighted by atomic mass is 32.1. The Bertz CT molecular complexity index is 778. The molecule has 8 nitrogen and oxygen atoms in total. The van der Waals surface area contributed by atoms with Gasteiger partial charge in [-0.1, -0.05) is 6.07 Å². The summed E-state index contributed by atoms with van der Waals surface area (Å²) < 4.78 is 0. The molecule has 1 aromatic carbocycles. The summed E-state index contributed by atoms with van der Waals surface area (Å²) in [7, 11) is 0. The number of phenols is 1. The third-order valence-corrected chi connectivity index (χ3v) is 4.74. The predicted octanol–water partition coefficient (Wildman–Crippen LogP) is 0.568. The minimum Gasteiger partial charge on any atom is -0.508 e. The Morgan fingerprint density at radius 2 is 1.88 bits per heavy atom. The number of benzene rings is 1. The quantitative estimate of drug-likeness (QED) is 0.393. The number of hydrogen-bond donors (Lipinski definition) is 5. The summed E-state index contributed by atoms with van der Waals surface area (Å²) in [6.07, 6.45) is 0.290. The lowest BCUT2D eigenvalue weighted by Gasteiger charge is -2.46. The highest BCUT2D eigenvalue weighted by molar-refractivity contribution is 7.80. The van der Waals surface area contributed by atoms with Crippen LogP contribution in [0.15, 0.2) is 23.3 Å². The summed E-state index contributed by atoms with van der Waals surface area (Å²) in [4.78, 5) is 23.5. The number of thiocarbonyl (C=S) groups is 1. The van der Waals surface area contributed by atoms with Gasteiger partial charge in [0.05, 0.1) is 11.8 Å². The van der Waals surface area contributed by atoms with E-state index >= 15 is 0 Å². The molecule has 4 rings (SSSR count). The van der Waals surface area contributed by atoms with Crippen molar-refractivity contribution in [3.63, 3.8) is 0 Å². The van der Waals surface area contributed by atoms with Crippen LogP contribution in [0.5, 0.6) is 5.75 Å². The highest BCUT2D eigenvalue weighted by Crippen LogP contribution is 2.55. The van der Waals surface area contributed by atoms with Crippen molar-refractivity contribution < 1.29 is 24.9 Å². The van der Waals surface area contributed by atoms with Crippen LogP contribution in [-0.2, 0) is 9.59 Å². The SMILES string of the molecule is NC(=S)NN=C1CC2c3ccc(O)cc3C1C(C(=O)O)C2C(=O)O. The van der Waals surface area contributed by atoms with Gasteiger partial charge in [0.1, 0.15) is 5.75 Å². The summed E-state index contributed by atoms with van der Waals surface area (Å²) in [6.45, 7) is 0. The molecule has 3 aliphatic rings. The Morgan fingerprint density at radius 3 is 2.46 bits per heavy atom. The minimum absolute atomic E-state index is 0.0148. The summed E-state index contributed by atoms with van der Waals surface area (Å²) in [5.74, 6) is -5.94. The molecule has 4 atom stereocenters. The lowest BCUT2D eigenvalue weighted by atomic mass is 9.55. The third kappa shape index (κ3) is 2.46. The number of nitrogens with one attached hydrogen (secondary N) is 1. The maximum absolute atomic E-state index is 11.8. The van der Waals surface area contributed by atoms with Crippen LogP contribution >= 0.6 is 12.2 Å². The number of aliphatic carboxylic acids is 2. The molecule has 1 aromatic rings. The molecule has 126 valence electrons. The van der Waals surface area contributed by atoms with Crippen LogP contribution in [-0.4, -0.2) is 38.1 Å². The maximum Gasteiger partial charge on any atom is 0.308 e.